The molecule has 2 aliphatic heterocycles. The molecule has 10 heteroatoms. The van der Waals surface area contributed by atoms with Gasteiger partial charge in [0.2, 0.25) is 16.9 Å². The van der Waals surface area contributed by atoms with Crippen LogP contribution in [0.4, 0.5) is 10.8 Å². The van der Waals surface area contributed by atoms with Gasteiger partial charge in [0.15, 0.2) is 0 Å². The molecule has 4 amide bonds. The highest BCUT2D eigenvalue weighted by atomic mass is 32.1. The Labute approximate surface area is 199 Å². The van der Waals surface area contributed by atoms with Gasteiger partial charge in [-0.3, -0.25) is 29.4 Å². The SMILES string of the molecule is Cc1cc(C)cc(N2CC(c3nnc(NC(=O)CN4C(=O)c5ccccc5C4=O)s3)CC2=O)c1. The molecular formula is C24H21N5O4S. The molecule has 34 heavy (non-hydrogen) atoms. The fraction of sp³-hybridized carbons (Fsp3) is 0.250. The first-order valence-electron chi connectivity index (χ1n) is 10.8. The van der Waals surface area contributed by atoms with Crippen molar-refractivity contribution in [2.24, 2.45) is 0 Å². The number of carbonyl (C=O) groups is 4. The standard InChI is InChI=1S/C24H21N5O4S/c1-13-7-14(2)9-16(8-13)28-11-15(10-20(28)31)21-26-27-24(34-21)25-19(30)12-29-22(32)17-5-3-4-6-18(17)23(29)33/h3-9,15H,10-12H2,1-2H3,(H,25,27,30). The third-order valence-electron chi connectivity index (χ3n) is 5.86. The second kappa shape index (κ2) is 8.45. The predicted octanol–water partition coefficient (Wildman–Crippen LogP) is 2.91. The second-order valence-corrected chi connectivity index (χ2v) is 9.50. The van der Waals surface area contributed by atoms with E-state index in [1.807, 2.05) is 26.0 Å². The number of imide groups is 1. The lowest BCUT2D eigenvalue weighted by Crippen LogP contribution is -2.37. The first kappa shape index (κ1) is 21.9. The molecule has 2 aromatic carbocycles. The Kier molecular flexibility index (Phi) is 5.45. The van der Waals surface area contributed by atoms with Gasteiger partial charge in [-0.1, -0.05) is 29.5 Å². The summed E-state index contributed by atoms with van der Waals surface area (Å²) >= 11 is 1.19. The Hall–Kier alpha value is -3.92. The van der Waals surface area contributed by atoms with Gasteiger partial charge in [-0.05, 0) is 49.2 Å². The van der Waals surface area contributed by atoms with E-state index < -0.39 is 24.3 Å². The number of nitrogens with zero attached hydrogens (tertiary/aromatic N) is 4. The van der Waals surface area contributed by atoms with Crippen LogP contribution in [0.25, 0.3) is 0 Å². The maximum Gasteiger partial charge on any atom is 0.262 e. The van der Waals surface area contributed by atoms with Crippen LogP contribution in [-0.2, 0) is 9.59 Å². The van der Waals surface area contributed by atoms with E-state index >= 15 is 0 Å². The van der Waals surface area contributed by atoms with Crippen LogP contribution < -0.4 is 10.2 Å². The molecule has 5 rings (SSSR count). The van der Waals surface area contributed by atoms with Crippen molar-refractivity contribution in [2.45, 2.75) is 26.2 Å². The fourth-order valence-electron chi connectivity index (χ4n) is 4.36. The Morgan fingerprint density at radius 1 is 1.03 bits per heavy atom. The predicted molar refractivity (Wildman–Crippen MR) is 126 cm³/mol. The zero-order valence-corrected chi connectivity index (χ0v) is 19.4. The molecule has 2 aliphatic rings. The van der Waals surface area contributed by atoms with Gasteiger partial charge in [-0.2, -0.15) is 0 Å². The summed E-state index contributed by atoms with van der Waals surface area (Å²) in [4.78, 5) is 52.8. The van der Waals surface area contributed by atoms with Crippen molar-refractivity contribution in [2.75, 3.05) is 23.3 Å². The third kappa shape index (κ3) is 3.96. The number of rotatable bonds is 5. The van der Waals surface area contributed by atoms with Gasteiger partial charge in [-0.15, -0.1) is 10.2 Å². The third-order valence-corrected chi connectivity index (χ3v) is 6.86. The van der Waals surface area contributed by atoms with Gasteiger partial charge in [0, 0.05) is 24.6 Å². The summed E-state index contributed by atoms with van der Waals surface area (Å²) in [6, 6.07) is 12.5. The van der Waals surface area contributed by atoms with Crippen LogP contribution in [0.2, 0.25) is 0 Å². The molecule has 1 atom stereocenters. The molecule has 172 valence electrons. The minimum atomic E-state index is -0.545. The van der Waals surface area contributed by atoms with Crippen LogP contribution in [0, 0.1) is 13.8 Å². The number of hydrogen-bond donors (Lipinski definition) is 1. The summed E-state index contributed by atoms with van der Waals surface area (Å²) in [7, 11) is 0. The number of carbonyl (C=O) groups excluding carboxylic acids is 4. The lowest BCUT2D eigenvalue weighted by Gasteiger charge is -2.17. The Morgan fingerprint density at radius 2 is 1.68 bits per heavy atom. The molecule has 1 unspecified atom stereocenters. The summed E-state index contributed by atoms with van der Waals surface area (Å²) in [6.07, 6.45) is 0.310. The van der Waals surface area contributed by atoms with Crippen molar-refractivity contribution in [3.8, 4) is 0 Å². The number of fused-ring (bicyclic) bond motifs is 1. The first-order chi connectivity index (χ1) is 16.3. The molecule has 0 saturated carbocycles. The maximum absolute atomic E-state index is 12.7. The summed E-state index contributed by atoms with van der Waals surface area (Å²) in [5.41, 5.74) is 3.62. The highest BCUT2D eigenvalue weighted by molar-refractivity contribution is 7.15. The molecular weight excluding hydrogens is 454 g/mol. The van der Waals surface area contributed by atoms with Gasteiger partial charge in [0.25, 0.3) is 11.8 Å². The Balaban J connectivity index is 1.23. The Bertz CT molecular complexity index is 1300. The molecule has 0 radical (unpaired) electrons. The lowest BCUT2D eigenvalue weighted by molar-refractivity contribution is -0.117. The zero-order valence-electron chi connectivity index (χ0n) is 18.6. The molecule has 3 aromatic rings. The molecule has 1 saturated heterocycles. The molecule has 1 N–H and O–H groups in total. The first-order valence-corrected chi connectivity index (χ1v) is 11.6. The van der Waals surface area contributed by atoms with Gasteiger partial charge >= 0.3 is 0 Å². The van der Waals surface area contributed by atoms with Crippen LogP contribution in [-0.4, -0.2) is 51.8 Å². The number of benzene rings is 2. The number of anilines is 2. The van der Waals surface area contributed by atoms with E-state index in [1.54, 1.807) is 29.2 Å². The van der Waals surface area contributed by atoms with Gasteiger partial charge in [0.05, 0.1) is 11.1 Å². The lowest BCUT2D eigenvalue weighted by atomic mass is 10.1. The second-order valence-electron chi connectivity index (χ2n) is 8.49. The number of aromatic nitrogens is 2. The van der Waals surface area contributed by atoms with Crippen molar-refractivity contribution in [3.05, 3.63) is 69.7 Å². The van der Waals surface area contributed by atoms with E-state index in [4.69, 9.17) is 0 Å². The largest absolute Gasteiger partial charge is 0.312 e. The number of aryl methyl sites for hydroxylation is 2. The topological polar surface area (TPSA) is 113 Å². The molecule has 3 heterocycles. The van der Waals surface area contributed by atoms with E-state index in [-0.39, 0.29) is 28.1 Å². The molecule has 1 aromatic heterocycles. The summed E-state index contributed by atoms with van der Waals surface area (Å²) < 4.78 is 0. The van der Waals surface area contributed by atoms with Crippen LogP contribution >= 0.6 is 11.3 Å². The van der Waals surface area contributed by atoms with Crippen LogP contribution in [0.1, 0.15) is 49.2 Å². The van der Waals surface area contributed by atoms with E-state index in [2.05, 4.69) is 21.6 Å². The van der Waals surface area contributed by atoms with E-state index in [1.165, 1.54) is 11.3 Å². The number of nitrogens with one attached hydrogen (secondary N) is 1. The maximum atomic E-state index is 12.7. The molecule has 0 aliphatic carbocycles. The molecule has 1 fully saturated rings. The fourth-order valence-corrected chi connectivity index (χ4v) is 5.22. The van der Waals surface area contributed by atoms with E-state index in [0.717, 1.165) is 21.7 Å². The normalized spacial score (nSPS) is 17.5. The average molecular weight is 476 g/mol. The van der Waals surface area contributed by atoms with Crippen molar-refractivity contribution in [1.29, 1.82) is 0 Å². The van der Waals surface area contributed by atoms with Crippen molar-refractivity contribution in [1.82, 2.24) is 15.1 Å². The van der Waals surface area contributed by atoms with E-state index in [0.29, 0.717) is 18.0 Å². The Morgan fingerprint density at radius 3 is 2.32 bits per heavy atom. The highest BCUT2D eigenvalue weighted by Gasteiger charge is 2.37. The monoisotopic (exact) mass is 475 g/mol. The quantitative estimate of drug-likeness (QED) is 0.568. The van der Waals surface area contributed by atoms with Crippen LogP contribution in [0.5, 0.6) is 0 Å². The number of amides is 4. The van der Waals surface area contributed by atoms with Gasteiger partial charge in [-0.25, -0.2) is 0 Å². The smallest absolute Gasteiger partial charge is 0.262 e. The van der Waals surface area contributed by atoms with Crippen molar-refractivity contribution >= 4 is 45.8 Å². The zero-order chi connectivity index (χ0) is 24.0. The van der Waals surface area contributed by atoms with Crippen molar-refractivity contribution in [3.63, 3.8) is 0 Å². The van der Waals surface area contributed by atoms with Gasteiger partial charge < -0.3 is 4.90 Å². The molecule has 0 spiro atoms. The van der Waals surface area contributed by atoms with Gasteiger partial charge in [0.1, 0.15) is 11.6 Å². The summed E-state index contributed by atoms with van der Waals surface area (Å²) in [5, 5.41) is 11.7. The molecule has 9 nitrogen and oxygen atoms in total. The minimum absolute atomic E-state index is 0.0152. The summed E-state index contributed by atoms with van der Waals surface area (Å²) in [6.45, 7) is 4.06. The average Bonchev–Trinajstić information content (AvgIpc) is 3.47. The highest BCUT2D eigenvalue weighted by Crippen LogP contribution is 2.35. The minimum Gasteiger partial charge on any atom is -0.312 e. The van der Waals surface area contributed by atoms with Crippen LogP contribution in [0.3, 0.4) is 0 Å². The molecule has 0 bridgehead atoms. The summed E-state index contributed by atoms with van der Waals surface area (Å²) in [5.74, 6) is -1.65. The number of hydrogen-bond acceptors (Lipinski definition) is 7. The van der Waals surface area contributed by atoms with E-state index in [9.17, 15) is 19.2 Å². The van der Waals surface area contributed by atoms with Crippen LogP contribution in [0.15, 0.2) is 42.5 Å². The van der Waals surface area contributed by atoms with Crippen molar-refractivity contribution < 1.29 is 19.2 Å².